The largest absolute Gasteiger partial charge is 0.378 e. The van der Waals surface area contributed by atoms with Crippen molar-refractivity contribution in [3.8, 4) is 11.8 Å². The molecule has 0 unspecified atom stereocenters. The van der Waals surface area contributed by atoms with Gasteiger partial charge in [0.1, 0.15) is 16.7 Å². The number of aromatic nitrogens is 4. The third kappa shape index (κ3) is 3.41. The van der Waals surface area contributed by atoms with Crippen molar-refractivity contribution in [3.05, 3.63) is 16.0 Å². The SMILES string of the molecule is C[C@@H]1OCC2(CCN(c3nc4[nH]nc(C#CC(C)(C)O)c4c(=O)n3C)CC2)[C@@H]1N. The Hall–Kier alpha value is -2.41. The first-order chi connectivity index (χ1) is 13.6. The van der Waals surface area contributed by atoms with Gasteiger partial charge in [0.05, 0.1) is 12.7 Å². The second kappa shape index (κ2) is 6.83. The van der Waals surface area contributed by atoms with Crippen LogP contribution in [0.4, 0.5) is 5.95 Å². The highest BCUT2D eigenvalue weighted by atomic mass is 16.5. The van der Waals surface area contributed by atoms with Gasteiger partial charge in [-0.15, -0.1) is 0 Å². The minimum Gasteiger partial charge on any atom is -0.378 e. The molecular formula is C20H28N6O3. The number of hydrogen-bond acceptors (Lipinski definition) is 7. The Kier molecular flexibility index (Phi) is 4.69. The van der Waals surface area contributed by atoms with Crippen LogP contribution < -0.4 is 16.2 Å². The summed E-state index contributed by atoms with van der Waals surface area (Å²) in [6.45, 7) is 7.40. The summed E-state index contributed by atoms with van der Waals surface area (Å²) in [6, 6.07) is 0.0356. The minimum absolute atomic E-state index is 0.00668. The van der Waals surface area contributed by atoms with E-state index in [0.717, 1.165) is 25.9 Å². The van der Waals surface area contributed by atoms with Crippen molar-refractivity contribution in [1.29, 1.82) is 0 Å². The quantitative estimate of drug-likeness (QED) is 0.581. The fraction of sp³-hybridized carbons (Fsp3) is 0.650. The molecule has 0 aromatic carbocycles. The molecule has 0 aliphatic carbocycles. The average Bonchev–Trinajstić information content (AvgIpc) is 3.20. The van der Waals surface area contributed by atoms with Crippen LogP contribution in [0.2, 0.25) is 0 Å². The molecule has 156 valence electrons. The number of anilines is 1. The maximum Gasteiger partial charge on any atom is 0.267 e. The molecule has 9 heteroatoms. The number of aromatic amines is 1. The van der Waals surface area contributed by atoms with E-state index in [-0.39, 0.29) is 23.1 Å². The van der Waals surface area contributed by atoms with Crippen molar-refractivity contribution >= 4 is 17.0 Å². The van der Waals surface area contributed by atoms with Gasteiger partial charge in [-0.2, -0.15) is 10.1 Å². The summed E-state index contributed by atoms with van der Waals surface area (Å²) in [7, 11) is 1.71. The van der Waals surface area contributed by atoms with E-state index in [1.54, 1.807) is 25.5 Å². The Bertz CT molecular complexity index is 1050. The first-order valence-electron chi connectivity index (χ1n) is 9.94. The van der Waals surface area contributed by atoms with E-state index in [4.69, 9.17) is 10.5 Å². The Balaban J connectivity index is 1.64. The number of rotatable bonds is 1. The molecule has 2 aliphatic heterocycles. The molecule has 0 bridgehead atoms. The van der Waals surface area contributed by atoms with Crippen LogP contribution in [0, 0.1) is 17.3 Å². The molecule has 2 aromatic heterocycles. The lowest BCUT2D eigenvalue weighted by Crippen LogP contribution is -2.51. The van der Waals surface area contributed by atoms with Crippen LogP contribution >= 0.6 is 0 Å². The van der Waals surface area contributed by atoms with Gasteiger partial charge in [0.25, 0.3) is 5.56 Å². The van der Waals surface area contributed by atoms with Crippen molar-refractivity contribution in [2.24, 2.45) is 18.2 Å². The molecule has 1 spiro atoms. The van der Waals surface area contributed by atoms with Crippen LogP contribution in [0.5, 0.6) is 0 Å². The van der Waals surface area contributed by atoms with E-state index in [0.29, 0.717) is 29.3 Å². The summed E-state index contributed by atoms with van der Waals surface area (Å²) >= 11 is 0. The highest BCUT2D eigenvalue weighted by molar-refractivity contribution is 5.81. The monoisotopic (exact) mass is 400 g/mol. The Morgan fingerprint density at radius 2 is 2.07 bits per heavy atom. The van der Waals surface area contributed by atoms with E-state index in [9.17, 15) is 9.90 Å². The van der Waals surface area contributed by atoms with E-state index in [1.165, 1.54) is 0 Å². The zero-order chi connectivity index (χ0) is 21.0. The predicted octanol–water partition coefficient (Wildman–Crippen LogP) is 0.112. The smallest absolute Gasteiger partial charge is 0.267 e. The van der Waals surface area contributed by atoms with Gasteiger partial charge in [0.15, 0.2) is 5.65 Å². The number of hydrogen-bond donors (Lipinski definition) is 3. The van der Waals surface area contributed by atoms with Gasteiger partial charge in [-0.3, -0.25) is 14.5 Å². The summed E-state index contributed by atoms with van der Waals surface area (Å²) < 4.78 is 7.33. The number of aliphatic hydroxyl groups is 1. The molecule has 0 amide bonds. The molecule has 2 aliphatic rings. The molecule has 2 aromatic rings. The van der Waals surface area contributed by atoms with Gasteiger partial charge in [-0.25, -0.2) is 0 Å². The highest BCUT2D eigenvalue weighted by Gasteiger charge is 2.47. The predicted molar refractivity (Wildman–Crippen MR) is 110 cm³/mol. The summed E-state index contributed by atoms with van der Waals surface area (Å²) in [4.78, 5) is 19.8. The maximum atomic E-state index is 13.0. The van der Waals surface area contributed by atoms with Crippen molar-refractivity contribution < 1.29 is 9.84 Å². The molecule has 2 saturated heterocycles. The molecular weight excluding hydrogens is 372 g/mol. The second-order valence-corrected chi connectivity index (χ2v) is 8.77. The summed E-state index contributed by atoms with van der Waals surface area (Å²) in [6.07, 6.45) is 1.88. The van der Waals surface area contributed by atoms with Crippen molar-refractivity contribution in [2.45, 2.75) is 51.4 Å². The van der Waals surface area contributed by atoms with Gasteiger partial charge in [-0.05, 0) is 39.5 Å². The lowest BCUT2D eigenvalue weighted by molar-refractivity contribution is 0.0973. The van der Waals surface area contributed by atoms with Crippen LogP contribution in [0.3, 0.4) is 0 Å². The topological polar surface area (TPSA) is 122 Å². The fourth-order valence-electron chi connectivity index (χ4n) is 4.26. The van der Waals surface area contributed by atoms with Crippen LogP contribution in [-0.2, 0) is 11.8 Å². The standard InChI is InChI=1S/C20H28N6O3/c1-12-15(21)20(11-29-12)7-9-26(10-8-20)18-22-16-14(17(27)25(18)4)13(23-24-16)5-6-19(2,3)28/h12,15,28H,7-11,21H2,1-4H3,(H,23,24)/t12-,15+/m0/s1. The molecule has 29 heavy (non-hydrogen) atoms. The molecule has 0 radical (unpaired) electrons. The Labute approximate surface area is 169 Å². The van der Waals surface area contributed by atoms with Crippen LogP contribution in [0.15, 0.2) is 4.79 Å². The minimum atomic E-state index is -1.17. The third-order valence-electron chi connectivity index (χ3n) is 6.15. The lowest BCUT2D eigenvalue weighted by atomic mass is 9.73. The molecule has 4 heterocycles. The van der Waals surface area contributed by atoms with E-state index >= 15 is 0 Å². The summed E-state index contributed by atoms with van der Waals surface area (Å²) in [5.74, 6) is 6.07. The second-order valence-electron chi connectivity index (χ2n) is 8.77. The molecule has 0 saturated carbocycles. The Morgan fingerprint density at radius 3 is 2.66 bits per heavy atom. The van der Waals surface area contributed by atoms with Gasteiger partial charge in [0, 0.05) is 31.6 Å². The molecule has 2 atom stereocenters. The van der Waals surface area contributed by atoms with Crippen LogP contribution in [0.1, 0.15) is 39.3 Å². The first-order valence-corrected chi connectivity index (χ1v) is 9.94. The number of fused-ring (bicyclic) bond motifs is 1. The van der Waals surface area contributed by atoms with E-state index in [2.05, 4.69) is 31.9 Å². The lowest BCUT2D eigenvalue weighted by Gasteiger charge is -2.41. The van der Waals surface area contributed by atoms with Crippen molar-refractivity contribution in [3.63, 3.8) is 0 Å². The first kappa shape index (κ1) is 19.9. The molecule has 9 nitrogen and oxygen atoms in total. The number of nitrogens with one attached hydrogen (secondary N) is 1. The number of nitrogens with zero attached hydrogens (tertiary/aromatic N) is 4. The van der Waals surface area contributed by atoms with Crippen molar-refractivity contribution in [2.75, 3.05) is 24.6 Å². The molecule has 4 rings (SSSR count). The third-order valence-corrected chi connectivity index (χ3v) is 6.15. The number of ether oxygens (including phenoxy) is 1. The van der Waals surface area contributed by atoms with Gasteiger partial charge >= 0.3 is 0 Å². The zero-order valence-corrected chi connectivity index (χ0v) is 17.3. The maximum absolute atomic E-state index is 13.0. The van der Waals surface area contributed by atoms with E-state index < -0.39 is 5.60 Å². The fourth-order valence-corrected chi connectivity index (χ4v) is 4.26. The van der Waals surface area contributed by atoms with Crippen LogP contribution in [-0.4, -0.2) is 62.3 Å². The van der Waals surface area contributed by atoms with Gasteiger partial charge in [-0.1, -0.05) is 5.92 Å². The van der Waals surface area contributed by atoms with Gasteiger partial charge < -0.3 is 20.5 Å². The zero-order valence-electron chi connectivity index (χ0n) is 17.3. The Morgan fingerprint density at radius 1 is 1.38 bits per heavy atom. The number of nitrogens with two attached hydrogens (primary N) is 1. The van der Waals surface area contributed by atoms with Crippen LogP contribution in [0.25, 0.3) is 11.0 Å². The summed E-state index contributed by atoms with van der Waals surface area (Å²) in [5, 5.41) is 17.1. The average molecular weight is 400 g/mol. The van der Waals surface area contributed by atoms with Crippen molar-refractivity contribution in [1.82, 2.24) is 19.7 Å². The highest BCUT2D eigenvalue weighted by Crippen LogP contribution is 2.41. The molecule has 2 fully saturated rings. The normalized spacial score (nSPS) is 24.1. The number of piperidine rings is 1. The molecule has 4 N–H and O–H groups in total. The summed E-state index contributed by atoms with van der Waals surface area (Å²) in [5.41, 5.74) is 5.72. The van der Waals surface area contributed by atoms with E-state index in [1.807, 2.05) is 6.92 Å². The number of H-pyrrole nitrogens is 1. The van der Waals surface area contributed by atoms with Gasteiger partial charge in [0.2, 0.25) is 5.95 Å².